The third-order valence-corrected chi connectivity index (χ3v) is 4.48. The zero-order chi connectivity index (χ0) is 14.1. The topological polar surface area (TPSA) is 48.7 Å². The maximum atomic E-state index is 9.29. The van der Waals surface area contributed by atoms with Crippen molar-refractivity contribution in [2.45, 2.75) is 26.2 Å². The molecule has 3 nitrogen and oxygen atoms in total. The molecule has 3 rings (SSSR count). The molecule has 1 aromatic heterocycles. The highest BCUT2D eigenvalue weighted by Crippen LogP contribution is 2.28. The number of pyridine rings is 1. The fourth-order valence-corrected chi connectivity index (χ4v) is 2.76. The molecule has 0 spiro atoms. The first-order valence-electron chi connectivity index (χ1n) is 6.63. The Hall–Kier alpha value is -1.86. The van der Waals surface area contributed by atoms with Crippen LogP contribution in [-0.4, -0.2) is 4.98 Å². The number of hydrogen-bond acceptors (Lipinski definition) is 3. The molecular formula is C16H14BrN3. The highest BCUT2D eigenvalue weighted by Gasteiger charge is 2.16. The molecule has 20 heavy (non-hydrogen) atoms. The van der Waals surface area contributed by atoms with Crippen LogP contribution in [0.15, 0.2) is 28.7 Å². The molecule has 4 heteroatoms. The van der Waals surface area contributed by atoms with Crippen LogP contribution in [0.3, 0.4) is 0 Å². The van der Waals surface area contributed by atoms with Crippen LogP contribution in [-0.2, 0) is 12.8 Å². The first-order valence-corrected chi connectivity index (χ1v) is 7.43. The zero-order valence-corrected chi connectivity index (χ0v) is 12.8. The predicted octanol–water partition coefficient (Wildman–Crippen LogP) is 4.26. The summed E-state index contributed by atoms with van der Waals surface area (Å²) in [7, 11) is 0. The lowest BCUT2D eigenvalue weighted by atomic mass is 10.1. The van der Waals surface area contributed by atoms with Gasteiger partial charge in [-0.25, -0.2) is 4.98 Å². The molecule has 1 aliphatic rings. The van der Waals surface area contributed by atoms with Gasteiger partial charge in [-0.05, 0) is 61.6 Å². The maximum absolute atomic E-state index is 9.29. The lowest BCUT2D eigenvalue weighted by Crippen LogP contribution is -2.01. The van der Waals surface area contributed by atoms with Crippen molar-refractivity contribution in [1.29, 1.82) is 5.26 Å². The minimum Gasteiger partial charge on any atom is -0.339 e. The predicted molar refractivity (Wildman–Crippen MR) is 83.1 cm³/mol. The fourth-order valence-electron chi connectivity index (χ4n) is 2.51. The first kappa shape index (κ1) is 13.1. The maximum Gasteiger partial charge on any atom is 0.148 e. The molecule has 0 bridgehead atoms. The smallest absolute Gasteiger partial charge is 0.148 e. The number of benzene rings is 1. The van der Waals surface area contributed by atoms with E-state index in [9.17, 15) is 5.26 Å². The molecule has 0 fully saturated rings. The number of anilines is 2. The lowest BCUT2D eigenvalue weighted by Gasteiger charge is -2.11. The summed E-state index contributed by atoms with van der Waals surface area (Å²) in [6.07, 6.45) is 3.18. The van der Waals surface area contributed by atoms with Gasteiger partial charge in [0.15, 0.2) is 0 Å². The third kappa shape index (κ3) is 2.41. The van der Waals surface area contributed by atoms with E-state index in [1.54, 1.807) is 0 Å². The average molecular weight is 328 g/mol. The molecule has 2 aromatic rings. The number of nitriles is 1. The minimum absolute atomic E-state index is 0.617. The number of nitrogens with zero attached hydrogens (tertiary/aromatic N) is 2. The van der Waals surface area contributed by atoms with E-state index < -0.39 is 0 Å². The Morgan fingerprint density at radius 2 is 2.15 bits per heavy atom. The number of aromatic nitrogens is 1. The molecule has 1 aromatic carbocycles. The summed E-state index contributed by atoms with van der Waals surface area (Å²) >= 11 is 3.49. The van der Waals surface area contributed by atoms with Crippen molar-refractivity contribution in [3.8, 4) is 6.07 Å². The molecule has 0 saturated carbocycles. The zero-order valence-electron chi connectivity index (χ0n) is 11.2. The Morgan fingerprint density at radius 1 is 1.30 bits per heavy atom. The van der Waals surface area contributed by atoms with Crippen LogP contribution in [0.25, 0.3) is 0 Å². The monoisotopic (exact) mass is 327 g/mol. The lowest BCUT2D eigenvalue weighted by molar-refractivity contribution is 0.900. The van der Waals surface area contributed by atoms with Gasteiger partial charge in [0.1, 0.15) is 11.9 Å². The number of fused-ring (bicyclic) bond motifs is 1. The molecule has 1 heterocycles. The summed E-state index contributed by atoms with van der Waals surface area (Å²) in [6, 6.07) is 10.2. The van der Waals surface area contributed by atoms with Gasteiger partial charge in [0.05, 0.1) is 5.56 Å². The van der Waals surface area contributed by atoms with Crippen molar-refractivity contribution < 1.29 is 0 Å². The summed E-state index contributed by atoms with van der Waals surface area (Å²) in [5, 5.41) is 12.6. The van der Waals surface area contributed by atoms with E-state index in [4.69, 9.17) is 0 Å². The molecular weight excluding hydrogens is 314 g/mol. The van der Waals surface area contributed by atoms with Crippen molar-refractivity contribution in [3.63, 3.8) is 0 Å². The van der Waals surface area contributed by atoms with E-state index in [1.165, 1.54) is 5.56 Å². The van der Waals surface area contributed by atoms with E-state index in [-0.39, 0.29) is 0 Å². The van der Waals surface area contributed by atoms with Gasteiger partial charge in [-0.2, -0.15) is 5.26 Å². The van der Waals surface area contributed by atoms with Crippen molar-refractivity contribution in [1.82, 2.24) is 4.98 Å². The van der Waals surface area contributed by atoms with Crippen molar-refractivity contribution in [2.75, 3.05) is 5.32 Å². The molecule has 0 radical (unpaired) electrons. The number of halogens is 1. The van der Waals surface area contributed by atoms with Crippen molar-refractivity contribution in [3.05, 3.63) is 51.1 Å². The molecule has 0 saturated heterocycles. The van der Waals surface area contributed by atoms with Crippen LogP contribution in [0.4, 0.5) is 11.5 Å². The highest BCUT2D eigenvalue weighted by atomic mass is 79.9. The van der Waals surface area contributed by atoms with E-state index >= 15 is 0 Å². The standard InChI is InChI=1S/C16H14BrN3/c1-10-7-13(5-6-14(10)17)19-16-12(9-18)8-11-3-2-4-15(11)20-16/h5-8H,2-4H2,1H3,(H,19,20). The van der Waals surface area contributed by atoms with Gasteiger partial charge in [-0.15, -0.1) is 0 Å². The van der Waals surface area contributed by atoms with E-state index in [0.29, 0.717) is 11.4 Å². The number of rotatable bonds is 2. The molecule has 0 aliphatic heterocycles. The van der Waals surface area contributed by atoms with Crippen LogP contribution in [0.2, 0.25) is 0 Å². The quantitative estimate of drug-likeness (QED) is 0.896. The summed E-state index contributed by atoms with van der Waals surface area (Å²) in [5.41, 5.74) is 5.06. The van der Waals surface area contributed by atoms with Crippen LogP contribution in [0.1, 0.15) is 28.8 Å². The Balaban J connectivity index is 1.98. The van der Waals surface area contributed by atoms with Crippen molar-refractivity contribution >= 4 is 27.4 Å². The van der Waals surface area contributed by atoms with Crippen LogP contribution < -0.4 is 5.32 Å². The van der Waals surface area contributed by atoms with Gasteiger partial charge in [0, 0.05) is 15.9 Å². The van der Waals surface area contributed by atoms with E-state index in [2.05, 4.69) is 32.3 Å². The number of aryl methyl sites for hydroxylation is 3. The van der Waals surface area contributed by atoms with Gasteiger partial charge >= 0.3 is 0 Å². The Morgan fingerprint density at radius 3 is 2.90 bits per heavy atom. The van der Waals surface area contributed by atoms with Crippen LogP contribution in [0, 0.1) is 18.3 Å². The molecule has 1 aliphatic carbocycles. The van der Waals surface area contributed by atoms with Gasteiger partial charge in [-0.1, -0.05) is 15.9 Å². The normalized spacial score (nSPS) is 12.8. The summed E-state index contributed by atoms with van der Waals surface area (Å²) < 4.78 is 1.07. The van der Waals surface area contributed by atoms with Crippen LogP contribution >= 0.6 is 15.9 Å². The van der Waals surface area contributed by atoms with Crippen LogP contribution in [0.5, 0.6) is 0 Å². The molecule has 1 N–H and O–H groups in total. The van der Waals surface area contributed by atoms with E-state index in [1.807, 2.05) is 31.2 Å². The Labute approximate surface area is 126 Å². The Bertz CT molecular complexity index is 716. The largest absolute Gasteiger partial charge is 0.339 e. The van der Waals surface area contributed by atoms with Gasteiger partial charge in [0.25, 0.3) is 0 Å². The third-order valence-electron chi connectivity index (χ3n) is 3.59. The summed E-state index contributed by atoms with van der Waals surface area (Å²) in [5.74, 6) is 0.662. The molecule has 0 amide bonds. The van der Waals surface area contributed by atoms with Gasteiger partial charge in [0.2, 0.25) is 0 Å². The average Bonchev–Trinajstić information content (AvgIpc) is 2.89. The van der Waals surface area contributed by atoms with Gasteiger partial charge in [-0.3, -0.25) is 0 Å². The van der Waals surface area contributed by atoms with E-state index in [0.717, 1.165) is 40.7 Å². The van der Waals surface area contributed by atoms with Gasteiger partial charge < -0.3 is 5.32 Å². The fraction of sp³-hybridized carbons (Fsp3) is 0.250. The second-order valence-electron chi connectivity index (χ2n) is 5.04. The summed E-state index contributed by atoms with van der Waals surface area (Å²) in [4.78, 5) is 4.63. The number of nitrogens with one attached hydrogen (secondary N) is 1. The highest BCUT2D eigenvalue weighted by molar-refractivity contribution is 9.10. The molecule has 0 atom stereocenters. The second kappa shape index (κ2) is 5.26. The minimum atomic E-state index is 0.617. The SMILES string of the molecule is Cc1cc(Nc2nc3c(cc2C#N)CCC3)ccc1Br. The summed E-state index contributed by atoms with van der Waals surface area (Å²) in [6.45, 7) is 2.04. The molecule has 0 unspecified atom stereocenters. The number of hydrogen-bond donors (Lipinski definition) is 1. The second-order valence-corrected chi connectivity index (χ2v) is 5.90. The first-order chi connectivity index (χ1) is 9.67. The molecule has 100 valence electrons. The van der Waals surface area contributed by atoms with Crippen molar-refractivity contribution in [2.24, 2.45) is 0 Å². The Kier molecular flexibility index (Phi) is 3.45.